The molecule has 2 aromatic carbocycles. The molecule has 0 saturated carbocycles. The number of hydrogen-bond donors (Lipinski definition) is 2. The van der Waals surface area contributed by atoms with Crippen LogP contribution in [-0.4, -0.2) is 31.4 Å². The van der Waals surface area contributed by atoms with Crippen LogP contribution in [0.25, 0.3) is 0 Å². The first-order valence-electron chi connectivity index (χ1n) is 8.03. The average molecular weight is 354 g/mol. The summed E-state index contributed by atoms with van der Waals surface area (Å²) in [5.74, 6) is 0.927. The van der Waals surface area contributed by atoms with Gasteiger partial charge in [-0.1, -0.05) is 18.2 Å². The molecule has 26 heavy (non-hydrogen) atoms. The number of ether oxygens (including phenoxy) is 2. The smallest absolute Gasteiger partial charge is 0.244 e. The van der Waals surface area contributed by atoms with E-state index in [0.29, 0.717) is 23.3 Å². The Morgan fingerprint density at radius 3 is 2.58 bits per heavy atom. The molecule has 0 aliphatic heterocycles. The SMILES string of the molecule is C=CCc1cc(C=NNC(=O)Cc2ccc(OC)cc2)cc(OC)c1O. The number of hydrogen-bond acceptors (Lipinski definition) is 5. The summed E-state index contributed by atoms with van der Waals surface area (Å²) in [5, 5.41) is 14.0. The first kappa shape index (κ1) is 19.1. The van der Waals surface area contributed by atoms with Gasteiger partial charge in [0.25, 0.3) is 0 Å². The number of rotatable bonds is 8. The Bertz CT molecular complexity index is 798. The number of carbonyl (C=O) groups is 1. The molecule has 2 aromatic rings. The summed E-state index contributed by atoms with van der Waals surface area (Å²) in [5.41, 5.74) is 4.71. The van der Waals surface area contributed by atoms with Gasteiger partial charge in [0.1, 0.15) is 5.75 Å². The van der Waals surface area contributed by atoms with Gasteiger partial charge in [0.05, 0.1) is 26.9 Å². The topological polar surface area (TPSA) is 80.2 Å². The largest absolute Gasteiger partial charge is 0.504 e. The minimum atomic E-state index is -0.233. The van der Waals surface area contributed by atoms with Crippen molar-refractivity contribution in [1.29, 1.82) is 0 Å². The summed E-state index contributed by atoms with van der Waals surface area (Å²) in [6.07, 6.45) is 3.89. The van der Waals surface area contributed by atoms with Gasteiger partial charge in [0, 0.05) is 5.56 Å². The number of amides is 1. The molecule has 0 heterocycles. The molecule has 0 aliphatic carbocycles. The van der Waals surface area contributed by atoms with Gasteiger partial charge in [-0.05, 0) is 41.8 Å². The maximum absolute atomic E-state index is 12.0. The van der Waals surface area contributed by atoms with E-state index in [1.54, 1.807) is 37.5 Å². The maximum Gasteiger partial charge on any atom is 0.244 e. The molecule has 6 heteroatoms. The van der Waals surface area contributed by atoms with Crippen LogP contribution in [0.15, 0.2) is 54.2 Å². The number of hydrazone groups is 1. The lowest BCUT2D eigenvalue weighted by Crippen LogP contribution is -2.19. The second kappa shape index (κ2) is 9.27. The highest BCUT2D eigenvalue weighted by atomic mass is 16.5. The minimum Gasteiger partial charge on any atom is -0.504 e. The lowest BCUT2D eigenvalue weighted by atomic mass is 10.1. The fourth-order valence-electron chi connectivity index (χ4n) is 2.38. The van der Waals surface area contributed by atoms with E-state index in [0.717, 1.165) is 11.3 Å². The summed E-state index contributed by atoms with van der Waals surface area (Å²) in [4.78, 5) is 12.0. The number of carbonyl (C=O) groups excluding carboxylic acids is 1. The zero-order valence-corrected chi connectivity index (χ0v) is 14.9. The summed E-state index contributed by atoms with van der Waals surface area (Å²) >= 11 is 0. The van der Waals surface area contributed by atoms with Crippen LogP contribution in [0.3, 0.4) is 0 Å². The van der Waals surface area contributed by atoms with Crippen LogP contribution in [0.1, 0.15) is 16.7 Å². The van der Waals surface area contributed by atoms with Crippen LogP contribution in [0.5, 0.6) is 17.2 Å². The van der Waals surface area contributed by atoms with Crippen molar-refractivity contribution in [1.82, 2.24) is 5.43 Å². The third kappa shape index (κ3) is 5.11. The van der Waals surface area contributed by atoms with Crippen molar-refractivity contribution in [2.24, 2.45) is 5.10 Å². The molecule has 2 N–H and O–H groups in total. The fraction of sp³-hybridized carbons (Fsp3) is 0.200. The van der Waals surface area contributed by atoms with Crippen LogP contribution < -0.4 is 14.9 Å². The van der Waals surface area contributed by atoms with Gasteiger partial charge in [-0.2, -0.15) is 5.10 Å². The third-order valence-corrected chi connectivity index (χ3v) is 3.69. The monoisotopic (exact) mass is 354 g/mol. The first-order valence-corrected chi connectivity index (χ1v) is 8.03. The van der Waals surface area contributed by atoms with Crippen LogP contribution >= 0.6 is 0 Å². The third-order valence-electron chi connectivity index (χ3n) is 3.69. The molecule has 2 rings (SSSR count). The van der Waals surface area contributed by atoms with Gasteiger partial charge < -0.3 is 14.6 Å². The van der Waals surface area contributed by atoms with E-state index >= 15 is 0 Å². The Balaban J connectivity index is 2.01. The van der Waals surface area contributed by atoms with E-state index in [2.05, 4.69) is 17.1 Å². The number of allylic oxidation sites excluding steroid dienone is 1. The van der Waals surface area contributed by atoms with Gasteiger partial charge in [-0.15, -0.1) is 6.58 Å². The molecule has 0 aliphatic rings. The summed E-state index contributed by atoms with van der Waals surface area (Å²) < 4.78 is 10.2. The molecule has 0 aromatic heterocycles. The number of aromatic hydroxyl groups is 1. The van der Waals surface area contributed by atoms with Gasteiger partial charge in [0.2, 0.25) is 5.91 Å². The van der Waals surface area contributed by atoms with E-state index in [-0.39, 0.29) is 18.1 Å². The highest BCUT2D eigenvalue weighted by Gasteiger charge is 2.09. The van der Waals surface area contributed by atoms with Crippen LogP contribution in [0.2, 0.25) is 0 Å². The van der Waals surface area contributed by atoms with E-state index in [4.69, 9.17) is 9.47 Å². The molecular weight excluding hydrogens is 332 g/mol. The number of benzene rings is 2. The van der Waals surface area contributed by atoms with E-state index in [1.165, 1.54) is 13.3 Å². The van der Waals surface area contributed by atoms with E-state index in [9.17, 15) is 9.90 Å². The lowest BCUT2D eigenvalue weighted by molar-refractivity contribution is -0.120. The first-order chi connectivity index (χ1) is 12.6. The Hall–Kier alpha value is -3.28. The molecule has 136 valence electrons. The molecule has 6 nitrogen and oxygen atoms in total. The molecule has 0 radical (unpaired) electrons. The van der Waals surface area contributed by atoms with Gasteiger partial charge in [-0.3, -0.25) is 4.79 Å². The highest BCUT2D eigenvalue weighted by molar-refractivity contribution is 5.84. The molecule has 1 amide bonds. The Morgan fingerprint density at radius 1 is 1.23 bits per heavy atom. The maximum atomic E-state index is 12.0. The quantitative estimate of drug-likeness (QED) is 0.434. The van der Waals surface area contributed by atoms with E-state index < -0.39 is 0 Å². The summed E-state index contributed by atoms with van der Waals surface area (Å²) in [6.45, 7) is 3.67. The second-order valence-corrected chi connectivity index (χ2v) is 5.54. The van der Waals surface area contributed by atoms with Gasteiger partial charge in [0.15, 0.2) is 11.5 Å². The number of phenols is 1. The molecule has 0 atom stereocenters. The van der Waals surface area contributed by atoms with Crippen molar-refractivity contribution in [3.63, 3.8) is 0 Å². The standard InChI is InChI=1S/C20H22N2O4/c1-4-5-16-10-15(11-18(26-3)20(16)24)13-21-22-19(23)12-14-6-8-17(25-2)9-7-14/h4,6-11,13,24H,1,5,12H2,2-3H3,(H,22,23). The number of methoxy groups -OCH3 is 2. The van der Waals surface area contributed by atoms with Crippen LogP contribution in [0.4, 0.5) is 0 Å². The Kier molecular flexibility index (Phi) is 6.79. The fourth-order valence-corrected chi connectivity index (χ4v) is 2.38. The number of phenolic OH excluding ortho intramolecular Hbond substituents is 1. The summed E-state index contributed by atoms with van der Waals surface area (Å²) in [7, 11) is 3.07. The Morgan fingerprint density at radius 2 is 1.96 bits per heavy atom. The van der Waals surface area contributed by atoms with Gasteiger partial charge >= 0.3 is 0 Å². The second-order valence-electron chi connectivity index (χ2n) is 5.54. The molecule has 0 spiro atoms. The van der Waals surface area contributed by atoms with Gasteiger partial charge in [-0.25, -0.2) is 5.43 Å². The Labute approximate surface area is 152 Å². The molecular formula is C20H22N2O4. The summed E-state index contributed by atoms with van der Waals surface area (Å²) in [6, 6.07) is 10.7. The number of nitrogens with zero attached hydrogens (tertiary/aromatic N) is 1. The molecule has 0 saturated heterocycles. The van der Waals surface area contributed by atoms with Crippen molar-refractivity contribution >= 4 is 12.1 Å². The van der Waals surface area contributed by atoms with Crippen LogP contribution in [-0.2, 0) is 17.6 Å². The predicted octanol–water partition coefficient (Wildman–Crippen LogP) is 2.83. The minimum absolute atomic E-state index is 0.0769. The van der Waals surface area contributed by atoms with Crippen LogP contribution in [0, 0.1) is 0 Å². The predicted molar refractivity (Wildman–Crippen MR) is 101 cm³/mol. The molecule has 0 unspecified atom stereocenters. The van der Waals surface area contributed by atoms with Crippen molar-refractivity contribution in [3.8, 4) is 17.2 Å². The van der Waals surface area contributed by atoms with Crippen molar-refractivity contribution in [2.45, 2.75) is 12.8 Å². The lowest BCUT2D eigenvalue weighted by Gasteiger charge is -2.09. The zero-order valence-electron chi connectivity index (χ0n) is 14.9. The van der Waals surface area contributed by atoms with Crippen molar-refractivity contribution in [2.75, 3.05) is 14.2 Å². The number of nitrogens with one attached hydrogen (secondary N) is 1. The average Bonchev–Trinajstić information content (AvgIpc) is 2.65. The molecule has 0 bridgehead atoms. The van der Waals surface area contributed by atoms with E-state index in [1.807, 2.05) is 12.1 Å². The molecule has 0 fully saturated rings. The highest BCUT2D eigenvalue weighted by Crippen LogP contribution is 2.31. The zero-order chi connectivity index (χ0) is 18.9. The normalized spacial score (nSPS) is 10.5. The van der Waals surface area contributed by atoms with Crippen molar-refractivity contribution in [3.05, 3.63) is 65.7 Å². The van der Waals surface area contributed by atoms with Crippen molar-refractivity contribution < 1.29 is 19.4 Å².